The first kappa shape index (κ1) is 11.5. The Balaban J connectivity index is 2.83. The molecule has 1 rings (SSSR count). The van der Waals surface area contributed by atoms with Gasteiger partial charge in [-0.05, 0) is 11.8 Å². The highest BCUT2D eigenvalue weighted by molar-refractivity contribution is 5.80. The molecule has 1 heterocycles. The van der Waals surface area contributed by atoms with Crippen LogP contribution in [0.1, 0.15) is 40.5 Å². The number of carbonyl (C=O) groups is 1. The Morgan fingerprint density at radius 1 is 1.50 bits per heavy atom. The van der Waals surface area contributed by atoms with Crippen molar-refractivity contribution in [2.45, 2.75) is 52.6 Å². The predicted octanol–water partition coefficient (Wildman–Crippen LogP) is 1.37. The zero-order valence-corrected chi connectivity index (χ0v) is 9.71. The van der Waals surface area contributed by atoms with E-state index < -0.39 is 0 Å². The fraction of sp³-hybridized carbons (Fsp3) is 0.909. The van der Waals surface area contributed by atoms with E-state index in [1.165, 1.54) is 0 Å². The number of rotatable bonds is 2. The smallest absolute Gasteiger partial charge is 0.224 e. The van der Waals surface area contributed by atoms with E-state index in [0.29, 0.717) is 6.42 Å². The Labute approximate surface area is 86.6 Å². The molecule has 0 bridgehead atoms. The van der Waals surface area contributed by atoms with Crippen LogP contribution in [0.3, 0.4) is 0 Å². The maximum Gasteiger partial charge on any atom is 0.224 e. The van der Waals surface area contributed by atoms with Crippen LogP contribution in [-0.4, -0.2) is 29.4 Å². The van der Waals surface area contributed by atoms with Crippen molar-refractivity contribution in [2.75, 3.05) is 6.54 Å². The van der Waals surface area contributed by atoms with Crippen molar-refractivity contribution in [3.05, 3.63) is 0 Å². The zero-order chi connectivity index (χ0) is 10.9. The van der Waals surface area contributed by atoms with E-state index in [2.05, 4.69) is 27.7 Å². The van der Waals surface area contributed by atoms with Gasteiger partial charge in [0.05, 0.1) is 6.04 Å². The van der Waals surface area contributed by atoms with Crippen LogP contribution in [0.15, 0.2) is 0 Å². The van der Waals surface area contributed by atoms with Gasteiger partial charge in [-0.2, -0.15) is 0 Å². The molecule has 2 N–H and O–H groups in total. The van der Waals surface area contributed by atoms with E-state index in [9.17, 15) is 4.79 Å². The van der Waals surface area contributed by atoms with Crippen molar-refractivity contribution in [2.24, 2.45) is 11.1 Å². The van der Waals surface area contributed by atoms with Gasteiger partial charge in [-0.25, -0.2) is 0 Å². The third kappa shape index (κ3) is 2.08. The Morgan fingerprint density at radius 3 is 2.50 bits per heavy atom. The summed E-state index contributed by atoms with van der Waals surface area (Å²) in [4.78, 5) is 13.6. The van der Waals surface area contributed by atoms with Gasteiger partial charge >= 0.3 is 0 Å². The average molecular weight is 198 g/mol. The molecule has 0 aromatic carbocycles. The maximum atomic E-state index is 11.7. The van der Waals surface area contributed by atoms with Crippen molar-refractivity contribution in [1.29, 1.82) is 0 Å². The summed E-state index contributed by atoms with van der Waals surface area (Å²) in [6.07, 6.45) is 1.52. The van der Waals surface area contributed by atoms with E-state index in [4.69, 9.17) is 5.73 Å². The van der Waals surface area contributed by atoms with Gasteiger partial charge in [-0.3, -0.25) is 4.79 Å². The van der Waals surface area contributed by atoms with Gasteiger partial charge in [0.1, 0.15) is 0 Å². The highest BCUT2D eigenvalue weighted by Gasteiger charge is 2.43. The first-order chi connectivity index (χ1) is 6.38. The molecule has 0 aromatic rings. The van der Waals surface area contributed by atoms with E-state index in [-0.39, 0.29) is 23.4 Å². The molecule has 0 unspecified atom stereocenters. The summed E-state index contributed by atoms with van der Waals surface area (Å²) in [7, 11) is 0. The van der Waals surface area contributed by atoms with Crippen LogP contribution in [-0.2, 0) is 4.79 Å². The van der Waals surface area contributed by atoms with Crippen LogP contribution in [0.4, 0.5) is 0 Å². The monoisotopic (exact) mass is 198 g/mol. The van der Waals surface area contributed by atoms with E-state index in [0.717, 1.165) is 13.0 Å². The van der Waals surface area contributed by atoms with Gasteiger partial charge < -0.3 is 10.6 Å². The Kier molecular flexibility index (Phi) is 3.20. The Morgan fingerprint density at radius 2 is 2.07 bits per heavy atom. The molecule has 3 nitrogen and oxygen atoms in total. The van der Waals surface area contributed by atoms with E-state index in [1.807, 2.05) is 4.90 Å². The van der Waals surface area contributed by atoms with Crippen LogP contribution in [0.2, 0.25) is 0 Å². The van der Waals surface area contributed by atoms with Crippen LogP contribution in [0.5, 0.6) is 0 Å². The van der Waals surface area contributed by atoms with Gasteiger partial charge in [-0.15, -0.1) is 0 Å². The van der Waals surface area contributed by atoms with Crippen molar-refractivity contribution in [3.8, 4) is 0 Å². The minimum absolute atomic E-state index is 0.00838. The van der Waals surface area contributed by atoms with E-state index in [1.54, 1.807) is 0 Å². The van der Waals surface area contributed by atoms with Crippen molar-refractivity contribution in [1.82, 2.24) is 4.90 Å². The molecule has 1 aliphatic heterocycles. The molecule has 1 saturated heterocycles. The lowest BCUT2D eigenvalue weighted by molar-refractivity contribution is -0.130. The van der Waals surface area contributed by atoms with Crippen LogP contribution in [0.25, 0.3) is 0 Å². The molecule has 1 aliphatic rings. The molecule has 0 aromatic heterocycles. The summed E-state index contributed by atoms with van der Waals surface area (Å²) in [5.74, 6) is 0.222. The number of nitrogens with two attached hydrogens (primary N) is 1. The standard InChI is InChI=1S/C11H22N2O/c1-5-6-13-9(14)7-8(12)10(13)11(2,3)4/h8,10H,5-7,12H2,1-4H3/t8-,10-/m0/s1. The van der Waals surface area contributed by atoms with Crippen molar-refractivity contribution >= 4 is 5.91 Å². The SMILES string of the molecule is CCCN1C(=O)C[C@H](N)[C@H]1C(C)(C)C. The average Bonchev–Trinajstić information content (AvgIpc) is 2.26. The van der Waals surface area contributed by atoms with Crippen molar-refractivity contribution in [3.63, 3.8) is 0 Å². The van der Waals surface area contributed by atoms with Crippen LogP contribution in [0, 0.1) is 5.41 Å². The summed E-state index contributed by atoms with van der Waals surface area (Å²) in [6.45, 7) is 9.39. The van der Waals surface area contributed by atoms with Crippen LogP contribution < -0.4 is 5.73 Å². The number of hydrogen-bond acceptors (Lipinski definition) is 2. The maximum absolute atomic E-state index is 11.7. The molecule has 3 heteroatoms. The lowest BCUT2D eigenvalue weighted by Crippen LogP contribution is -2.49. The number of nitrogens with zero attached hydrogens (tertiary/aromatic N) is 1. The molecule has 1 amide bonds. The minimum atomic E-state index is 0.00838. The number of amides is 1. The second-order valence-corrected chi connectivity index (χ2v) is 5.27. The summed E-state index contributed by atoms with van der Waals surface area (Å²) < 4.78 is 0. The number of likely N-dealkylation sites (tertiary alicyclic amines) is 1. The quantitative estimate of drug-likeness (QED) is 0.728. The number of carbonyl (C=O) groups excluding carboxylic acids is 1. The number of hydrogen-bond donors (Lipinski definition) is 1. The highest BCUT2D eigenvalue weighted by Crippen LogP contribution is 2.32. The predicted molar refractivity (Wildman–Crippen MR) is 57.8 cm³/mol. The lowest BCUT2D eigenvalue weighted by atomic mass is 9.83. The molecular weight excluding hydrogens is 176 g/mol. The van der Waals surface area contributed by atoms with Gasteiger partial charge in [0.2, 0.25) is 5.91 Å². The van der Waals surface area contributed by atoms with Gasteiger partial charge in [-0.1, -0.05) is 27.7 Å². The third-order valence-electron chi connectivity index (χ3n) is 2.82. The summed E-state index contributed by atoms with van der Waals surface area (Å²) in [6, 6.07) is 0.212. The van der Waals surface area contributed by atoms with Gasteiger partial charge in [0.15, 0.2) is 0 Å². The lowest BCUT2D eigenvalue weighted by Gasteiger charge is -2.37. The molecule has 1 fully saturated rings. The highest BCUT2D eigenvalue weighted by atomic mass is 16.2. The first-order valence-corrected chi connectivity index (χ1v) is 5.43. The molecule has 0 aliphatic carbocycles. The fourth-order valence-electron chi connectivity index (χ4n) is 2.43. The normalized spacial score (nSPS) is 28.6. The minimum Gasteiger partial charge on any atom is -0.338 e. The fourth-order valence-corrected chi connectivity index (χ4v) is 2.43. The molecule has 0 saturated carbocycles. The van der Waals surface area contributed by atoms with Gasteiger partial charge in [0.25, 0.3) is 0 Å². The first-order valence-electron chi connectivity index (χ1n) is 5.43. The second kappa shape index (κ2) is 3.89. The largest absolute Gasteiger partial charge is 0.338 e. The topological polar surface area (TPSA) is 46.3 Å². The molecular formula is C11H22N2O. The summed E-state index contributed by atoms with van der Waals surface area (Å²) >= 11 is 0. The van der Waals surface area contributed by atoms with Crippen molar-refractivity contribution < 1.29 is 4.79 Å². The summed E-state index contributed by atoms with van der Waals surface area (Å²) in [5.41, 5.74) is 6.10. The third-order valence-corrected chi connectivity index (χ3v) is 2.82. The van der Waals surface area contributed by atoms with Gasteiger partial charge in [0, 0.05) is 19.0 Å². The van der Waals surface area contributed by atoms with E-state index >= 15 is 0 Å². The molecule has 2 atom stereocenters. The Bertz CT molecular complexity index is 220. The molecule has 0 spiro atoms. The molecule has 82 valence electrons. The molecule has 0 radical (unpaired) electrons. The Hall–Kier alpha value is -0.570. The second-order valence-electron chi connectivity index (χ2n) is 5.27. The van der Waals surface area contributed by atoms with Crippen LogP contribution >= 0.6 is 0 Å². The zero-order valence-electron chi connectivity index (χ0n) is 9.71. The molecule has 14 heavy (non-hydrogen) atoms. The summed E-state index contributed by atoms with van der Waals surface area (Å²) in [5, 5.41) is 0.